The lowest BCUT2D eigenvalue weighted by Gasteiger charge is -1.99. The van der Waals surface area contributed by atoms with Gasteiger partial charge in [0.25, 0.3) is 0 Å². The van der Waals surface area contributed by atoms with Crippen molar-refractivity contribution in [2.75, 3.05) is 0 Å². The summed E-state index contributed by atoms with van der Waals surface area (Å²) >= 11 is 6.60. The Balaban J connectivity index is 3.84. The van der Waals surface area contributed by atoms with Crippen LogP contribution in [0, 0.1) is 0 Å². The first-order valence-corrected chi connectivity index (χ1v) is 2.31. The number of carbonyl (C=O) groups excluding carboxylic acids is 1. The number of hydrogen-bond acceptors (Lipinski definition) is 4. The highest BCUT2D eigenvalue weighted by atomic mass is 32.2. The first-order valence-electron chi connectivity index (χ1n) is 1.51. The van der Waals surface area contributed by atoms with E-state index < -0.39 is 11.9 Å². The summed E-state index contributed by atoms with van der Waals surface area (Å²) in [5, 5.41) is 7.86. The molecular formula is C2H3NO3S2. The number of carboxylic acid groups (broad SMARTS) is 1. The molecule has 0 fully saturated rings. The maximum atomic E-state index is 10.0. The highest BCUT2D eigenvalue weighted by Crippen LogP contribution is 1.96. The van der Waals surface area contributed by atoms with Gasteiger partial charge in [-0.05, 0) is 0 Å². The summed E-state index contributed by atoms with van der Waals surface area (Å²) in [7, 11) is 0. The number of carbonyl (C=O) groups is 2. The lowest BCUT2D eigenvalue weighted by Crippen LogP contribution is -2.21. The predicted octanol–water partition coefficient (Wildman–Crippen LogP) is -0.411. The van der Waals surface area contributed by atoms with Crippen LogP contribution < -0.4 is 0 Å². The number of nitrogens with zero attached hydrogens (tertiary/aromatic N) is 1. The zero-order valence-electron chi connectivity index (χ0n) is 3.61. The van der Waals surface area contributed by atoms with Crippen LogP contribution in [0.5, 0.6) is 0 Å². The molecule has 0 rings (SSSR count). The summed E-state index contributed by atoms with van der Waals surface area (Å²) in [5.74, 6) is -2.74. The summed E-state index contributed by atoms with van der Waals surface area (Å²) < 4.78 is 0.391. The second-order valence-corrected chi connectivity index (χ2v) is 2.02. The molecule has 1 N–H and O–H groups in total. The van der Waals surface area contributed by atoms with Crippen LogP contribution >= 0.6 is 25.6 Å². The van der Waals surface area contributed by atoms with Crippen molar-refractivity contribution in [3.8, 4) is 0 Å². The maximum Gasteiger partial charge on any atom is 0.396 e. The number of rotatable bonds is 0. The SMILES string of the molecule is O=C(O)C(=O)N(S)S. The number of hydrogen-bond donors (Lipinski definition) is 3. The van der Waals surface area contributed by atoms with Gasteiger partial charge in [0.15, 0.2) is 0 Å². The lowest BCUT2D eigenvalue weighted by molar-refractivity contribution is -0.151. The van der Waals surface area contributed by atoms with E-state index in [-0.39, 0.29) is 0 Å². The van der Waals surface area contributed by atoms with Gasteiger partial charge < -0.3 is 5.11 Å². The van der Waals surface area contributed by atoms with Crippen LogP contribution in [0.25, 0.3) is 0 Å². The van der Waals surface area contributed by atoms with E-state index in [0.29, 0.717) is 3.71 Å². The predicted molar refractivity (Wildman–Crippen MR) is 32.5 cm³/mol. The Bertz CT molecular complexity index is 122. The molecule has 0 bridgehead atoms. The van der Waals surface area contributed by atoms with Crippen molar-refractivity contribution in [2.24, 2.45) is 0 Å². The fourth-order valence-electron chi connectivity index (χ4n) is 0.0855. The minimum atomic E-state index is -1.57. The molecule has 0 heterocycles. The number of aliphatic carboxylic acids is 1. The van der Waals surface area contributed by atoms with Crippen molar-refractivity contribution in [3.63, 3.8) is 0 Å². The first kappa shape index (κ1) is 7.64. The monoisotopic (exact) mass is 153 g/mol. The van der Waals surface area contributed by atoms with Crippen LogP contribution in [0.15, 0.2) is 0 Å². The van der Waals surface area contributed by atoms with Crippen LogP contribution in [0.1, 0.15) is 0 Å². The molecule has 6 heteroatoms. The van der Waals surface area contributed by atoms with Crippen molar-refractivity contribution in [3.05, 3.63) is 0 Å². The Morgan fingerprint density at radius 3 is 1.75 bits per heavy atom. The molecule has 0 unspecified atom stereocenters. The molecule has 0 aromatic carbocycles. The molecule has 0 aromatic rings. The zero-order valence-corrected chi connectivity index (χ0v) is 5.39. The summed E-state index contributed by atoms with van der Waals surface area (Å²) in [4.78, 5) is 19.7. The van der Waals surface area contributed by atoms with E-state index >= 15 is 0 Å². The Morgan fingerprint density at radius 2 is 1.75 bits per heavy atom. The number of thiol groups is 2. The molecule has 1 amide bonds. The van der Waals surface area contributed by atoms with Gasteiger partial charge in [0.05, 0.1) is 0 Å². The van der Waals surface area contributed by atoms with Gasteiger partial charge in [-0.3, -0.25) is 4.79 Å². The molecule has 8 heavy (non-hydrogen) atoms. The van der Waals surface area contributed by atoms with Crippen molar-refractivity contribution >= 4 is 37.5 Å². The first-order chi connectivity index (χ1) is 3.55. The largest absolute Gasteiger partial charge is 0.474 e. The van der Waals surface area contributed by atoms with E-state index in [4.69, 9.17) is 5.11 Å². The Labute approximate surface area is 56.6 Å². The Hall–Kier alpha value is -0.360. The number of amides is 1. The second kappa shape index (κ2) is 2.83. The highest BCUT2D eigenvalue weighted by Gasteiger charge is 2.13. The normalized spacial score (nSPS) is 8.25. The van der Waals surface area contributed by atoms with Crippen molar-refractivity contribution in [1.82, 2.24) is 3.71 Å². The van der Waals surface area contributed by atoms with Crippen LogP contribution in [-0.4, -0.2) is 20.7 Å². The molecular weight excluding hydrogens is 150 g/mol. The van der Waals surface area contributed by atoms with E-state index in [9.17, 15) is 9.59 Å². The van der Waals surface area contributed by atoms with Gasteiger partial charge in [0, 0.05) is 0 Å². The summed E-state index contributed by atoms with van der Waals surface area (Å²) in [6, 6.07) is 0. The topological polar surface area (TPSA) is 57.6 Å². The second-order valence-electron chi connectivity index (χ2n) is 0.900. The summed E-state index contributed by atoms with van der Waals surface area (Å²) in [5.41, 5.74) is 0. The molecule has 0 aliphatic heterocycles. The summed E-state index contributed by atoms with van der Waals surface area (Å²) in [6.07, 6.45) is 0. The van der Waals surface area contributed by atoms with Gasteiger partial charge in [-0.25, -0.2) is 8.51 Å². The quantitative estimate of drug-likeness (QED) is 0.327. The molecule has 0 saturated heterocycles. The standard InChI is InChI=1S/C2H3NO3S2/c4-1(2(5)6)3(7)8/h7-8H,(H,5,6). The van der Waals surface area contributed by atoms with Gasteiger partial charge >= 0.3 is 11.9 Å². The van der Waals surface area contributed by atoms with Gasteiger partial charge in [0.2, 0.25) is 0 Å². The minimum Gasteiger partial charge on any atom is -0.474 e. The Kier molecular flexibility index (Phi) is 2.70. The van der Waals surface area contributed by atoms with Crippen molar-refractivity contribution in [1.29, 1.82) is 0 Å². The van der Waals surface area contributed by atoms with Crippen LogP contribution in [0.4, 0.5) is 0 Å². The third-order valence-electron chi connectivity index (χ3n) is 0.365. The number of carboxylic acids is 1. The Morgan fingerprint density at radius 1 is 1.38 bits per heavy atom. The lowest BCUT2D eigenvalue weighted by atomic mass is 10.7. The van der Waals surface area contributed by atoms with Crippen LogP contribution in [0.2, 0.25) is 0 Å². The molecule has 0 aliphatic carbocycles. The smallest absolute Gasteiger partial charge is 0.396 e. The molecule has 0 aliphatic rings. The van der Waals surface area contributed by atoms with Crippen molar-refractivity contribution in [2.45, 2.75) is 0 Å². The third kappa shape index (κ3) is 2.08. The van der Waals surface area contributed by atoms with Crippen LogP contribution in [-0.2, 0) is 9.59 Å². The van der Waals surface area contributed by atoms with Gasteiger partial charge in [-0.15, -0.1) is 0 Å². The molecule has 4 nitrogen and oxygen atoms in total. The fourth-order valence-corrected chi connectivity index (χ4v) is 0.257. The van der Waals surface area contributed by atoms with E-state index in [1.807, 2.05) is 0 Å². The molecule has 0 saturated carbocycles. The fraction of sp³-hybridized carbons (Fsp3) is 0. The van der Waals surface area contributed by atoms with E-state index in [1.54, 1.807) is 0 Å². The highest BCUT2D eigenvalue weighted by molar-refractivity contribution is 7.94. The third-order valence-corrected chi connectivity index (χ3v) is 0.728. The van der Waals surface area contributed by atoms with E-state index in [0.717, 1.165) is 0 Å². The molecule has 46 valence electrons. The molecule has 0 spiro atoms. The van der Waals surface area contributed by atoms with Crippen molar-refractivity contribution < 1.29 is 14.7 Å². The van der Waals surface area contributed by atoms with Gasteiger partial charge in [0.1, 0.15) is 0 Å². The van der Waals surface area contributed by atoms with E-state index in [2.05, 4.69) is 25.6 Å². The zero-order chi connectivity index (χ0) is 6.73. The average molecular weight is 153 g/mol. The van der Waals surface area contributed by atoms with Crippen LogP contribution in [0.3, 0.4) is 0 Å². The van der Waals surface area contributed by atoms with E-state index in [1.165, 1.54) is 0 Å². The summed E-state index contributed by atoms with van der Waals surface area (Å²) in [6.45, 7) is 0. The van der Waals surface area contributed by atoms with Gasteiger partial charge in [-0.2, -0.15) is 0 Å². The van der Waals surface area contributed by atoms with Gasteiger partial charge in [-0.1, -0.05) is 25.6 Å². The minimum absolute atomic E-state index is 0.391. The molecule has 0 aromatic heterocycles. The molecule has 0 radical (unpaired) electrons. The average Bonchev–Trinajstić information content (AvgIpc) is 1.64. The maximum absolute atomic E-state index is 10.0. The molecule has 0 atom stereocenters.